The Balaban J connectivity index is 1.44. The Morgan fingerprint density at radius 2 is 1.71 bits per heavy atom. The SMILES string of the molecule is CC(C)(O)CC1(O)CCN(C(=O)c2ccc(CS(=O)(=O)c3cccc4cccnc34)cc2)CC1. The van der Waals surface area contributed by atoms with E-state index in [1.165, 1.54) is 0 Å². The van der Waals surface area contributed by atoms with Gasteiger partial charge in [0.2, 0.25) is 0 Å². The minimum absolute atomic E-state index is 0.155. The second-order valence-electron chi connectivity index (χ2n) is 9.79. The number of hydrogen-bond donors (Lipinski definition) is 2. The normalized spacial score (nSPS) is 16.5. The van der Waals surface area contributed by atoms with E-state index in [2.05, 4.69) is 4.98 Å². The van der Waals surface area contributed by atoms with Crippen molar-refractivity contribution in [2.75, 3.05) is 13.1 Å². The molecule has 0 unspecified atom stereocenters. The van der Waals surface area contributed by atoms with Gasteiger partial charge < -0.3 is 15.1 Å². The maximum absolute atomic E-state index is 13.1. The number of nitrogens with zero attached hydrogens (tertiary/aromatic N) is 2. The summed E-state index contributed by atoms with van der Waals surface area (Å²) in [5, 5.41) is 21.5. The standard InChI is InChI=1S/C26H30N2O5S/c1-25(2,30)18-26(31)12-15-28(16-13-26)24(29)21-10-8-19(9-11-21)17-34(32,33)22-7-3-5-20-6-4-14-27-23(20)22/h3-11,14,30-31H,12-13,15-18H2,1-2H3. The third-order valence-corrected chi connectivity index (χ3v) is 7.94. The zero-order valence-corrected chi connectivity index (χ0v) is 20.3. The van der Waals surface area contributed by atoms with Crippen molar-refractivity contribution in [3.63, 3.8) is 0 Å². The first-order valence-corrected chi connectivity index (χ1v) is 13.0. The number of piperidine rings is 1. The molecule has 1 aromatic heterocycles. The topological polar surface area (TPSA) is 108 Å². The summed E-state index contributed by atoms with van der Waals surface area (Å²) >= 11 is 0. The van der Waals surface area contributed by atoms with Crippen LogP contribution in [0.5, 0.6) is 0 Å². The van der Waals surface area contributed by atoms with Crippen molar-refractivity contribution in [2.24, 2.45) is 0 Å². The Morgan fingerprint density at radius 3 is 2.35 bits per heavy atom. The highest BCUT2D eigenvalue weighted by molar-refractivity contribution is 7.90. The van der Waals surface area contributed by atoms with E-state index in [-0.39, 0.29) is 23.0 Å². The fourth-order valence-electron chi connectivity index (χ4n) is 4.66. The first-order chi connectivity index (χ1) is 16.0. The Kier molecular flexibility index (Phi) is 6.50. The lowest BCUT2D eigenvalue weighted by atomic mass is 9.82. The van der Waals surface area contributed by atoms with Crippen LogP contribution in [0.2, 0.25) is 0 Å². The highest BCUT2D eigenvalue weighted by Crippen LogP contribution is 2.31. The van der Waals surface area contributed by atoms with Crippen LogP contribution in [0.15, 0.2) is 65.7 Å². The van der Waals surface area contributed by atoms with E-state index < -0.39 is 21.0 Å². The van der Waals surface area contributed by atoms with Crippen molar-refractivity contribution in [1.82, 2.24) is 9.88 Å². The highest BCUT2D eigenvalue weighted by atomic mass is 32.2. The second-order valence-corrected chi connectivity index (χ2v) is 11.8. The molecule has 1 fully saturated rings. The maximum Gasteiger partial charge on any atom is 0.253 e. The number of aliphatic hydroxyl groups is 2. The summed E-state index contributed by atoms with van der Waals surface area (Å²) in [6.45, 7) is 4.13. The number of fused-ring (bicyclic) bond motifs is 1. The first-order valence-electron chi connectivity index (χ1n) is 11.4. The van der Waals surface area contributed by atoms with Gasteiger partial charge in [-0.15, -0.1) is 0 Å². The minimum atomic E-state index is -3.63. The molecule has 1 amide bonds. The number of carbonyl (C=O) groups is 1. The minimum Gasteiger partial charge on any atom is -0.390 e. The molecule has 4 rings (SSSR count). The highest BCUT2D eigenvalue weighted by Gasteiger charge is 2.38. The molecule has 2 heterocycles. The summed E-state index contributed by atoms with van der Waals surface area (Å²) in [6.07, 6.45) is 2.64. The van der Waals surface area contributed by atoms with Gasteiger partial charge in [-0.1, -0.05) is 30.3 Å². The quantitative estimate of drug-likeness (QED) is 0.558. The third-order valence-electron chi connectivity index (χ3n) is 6.23. The van der Waals surface area contributed by atoms with Gasteiger partial charge in [-0.05, 0) is 56.5 Å². The van der Waals surface area contributed by atoms with E-state index in [1.54, 1.807) is 67.4 Å². The molecule has 0 bridgehead atoms. The number of hydrogen-bond acceptors (Lipinski definition) is 6. The molecule has 0 atom stereocenters. The number of amides is 1. The van der Waals surface area contributed by atoms with Gasteiger partial charge in [0, 0.05) is 36.7 Å². The molecule has 0 aliphatic carbocycles. The predicted octanol–water partition coefficient (Wildman–Crippen LogP) is 3.34. The molecular weight excluding hydrogens is 452 g/mol. The number of aromatic nitrogens is 1. The Morgan fingerprint density at radius 1 is 1.06 bits per heavy atom. The van der Waals surface area contributed by atoms with Crippen LogP contribution in [0.3, 0.4) is 0 Å². The van der Waals surface area contributed by atoms with Crippen LogP contribution in [0, 0.1) is 0 Å². The van der Waals surface area contributed by atoms with Crippen molar-refractivity contribution in [1.29, 1.82) is 0 Å². The Labute approximate surface area is 200 Å². The van der Waals surface area contributed by atoms with Gasteiger partial charge in [0.25, 0.3) is 5.91 Å². The van der Waals surface area contributed by atoms with Crippen molar-refractivity contribution in [2.45, 2.75) is 55.0 Å². The average molecular weight is 483 g/mol. The largest absolute Gasteiger partial charge is 0.390 e. The number of pyridine rings is 1. The number of sulfone groups is 1. The van der Waals surface area contributed by atoms with Crippen LogP contribution < -0.4 is 0 Å². The molecule has 1 saturated heterocycles. The summed E-state index contributed by atoms with van der Waals surface area (Å²) in [5.74, 6) is -0.344. The van der Waals surface area contributed by atoms with Crippen LogP contribution in [0.25, 0.3) is 10.9 Å². The number of benzene rings is 2. The number of rotatable bonds is 6. The zero-order valence-electron chi connectivity index (χ0n) is 19.4. The van der Waals surface area contributed by atoms with Crippen molar-refractivity contribution in [3.8, 4) is 0 Å². The van der Waals surface area contributed by atoms with E-state index in [9.17, 15) is 23.4 Å². The monoisotopic (exact) mass is 482 g/mol. The molecule has 3 aromatic rings. The molecule has 8 heteroatoms. The maximum atomic E-state index is 13.1. The Bertz CT molecular complexity index is 1280. The summed E-state index contributed by atoms with van der Waals surface area (Å²) in [5.41, 5.74) is -0.446. The zero-order chi connectivity index (χ0) is 24.6. The summed E-state index contributed by atoms with van der Waals surface area (Å²) in [7, 11) is -3.63. The Hall–Kier alpha value is -2.81. The van der Waals surface area contributed by atoms with E-state index in [0.29, 0.717) is 42.6 Å². The van der Waals surface area contributed by atoms with Crippen LogP contribution in [-0.2, 0) is 15.6 Å². The molecule has 180 valence electrons. The number of para-hydroxylation sites is 1. The second kappa shape index (κ2) is 9.09. The lowest BCUT2D eigenvalue weighted by molar-refractivity contribution is -0.0747. The molecule has 0 saturated carbocycles. The molecule has 1 aliphatic heterocycles. The summed E-state index contributed by atoms with van der Waals surface area (Å²) in [4.78, 5) is 19.1. The fraction of sp³-hybridized carbons (Fsp3) is 0.385. The van der Waals surface area contributed by atoms with E-state index in [4.69, 9.17) is 0 Å². The molecule has 0 spiro atoms. The molecule has 2 aromatic carbocycles. The van der Waals surface area contributed by atoms with Gasteiger partial charge >= 0.3 is 0 Å². The number of likely N-dealkylation sites (tertiary alicyclic amines) is 1. The molecular formula is C26H30N2O5S. The van der Waals surface area contributed by atoms with Gasteiger partial charge in [-0.3, -0.25) is 9.78 Å². The lowest BCUT2D eigenvalue weighted by Crippen LogP contribution is -2.49. The predicted molar refractivity (Wildman–Crippen MR) is 130 cm³/mol. The van der Waals surface area contributed by atoms with E-state index in [0.717, 1.165) is 5.39 Å². The van der Waals surface area contributed by atoms with Crippen LogP contribution >= 0.6 is 0 Å². The molecule has 0 radical (unpaired) electrons. The fourth-order valence-corrected chi connectivity index (χ4v) is 6.20. The number of carbonyl (C=O) groups excluding carboxylic acids is 1. The lowest BCUT2D eigenvalue weighted by Gasteiger charge is -2.40. The van der Waals surface area contributed by atoms with Gasteiger partial charge in [-0.2, -0.15) is 0 Å². The molecule has 2 N–H and O–H groups in total. The average Bonchev–Trinajstić information content (AvgIpc) is 2.77. The van der Waals surface area contributed by atoms with Crippen LogP contribution in [-0.4, -0.2) is 58.7 Å². The van der Waals surface area contributed by atoms with Crippen LogP contribution in [0.1, 0.15) is 49.0 Å². The third kappa shape index (κ3) is 5.46. The molecule has 7 nitrogen and oxygen atoms in total. The first kappa shape index (κ1) is 24.3. The van der Waals surface area contributed by atoms with E-state index in [1.807, 2.05) is 12.1 Å². The van der Waals surface area contributed by atoms with Gasteiger partial charge in [0.15, 0.2) is 9.84 Å². The smallest absolute Gasteiger partial charge is 0.253 e. The van der Waals surface area contributed by atoms with Crippen molar-refractivity contribution < 1.29 is 23.4 Å². The van der Waals surface area contributed by atoms with Crippen LogP contribution in [0.4, 0.5) is 0 Å². The summed E-state index contributed by atoms with van der Waals surface area (Å²) < 4.78 is 26.2. The van der Waals surface area contributed by atoms with Gasteiger partial charge in [0.1, 0.15) is 0 Å². The van der Waals surface area contributed by atoms with E-state index >= 15 is 0 Å². The van der Waals surface area contributed by atoms with Crippen molar-refractivity contribution >= 4 is 26.6 Å². The molecule has 1 aliphatic rings. The summed E-state index contributed by atoms with van der Waals surface area (Å²) in [6, 6.07) is 15.3. The van der Waals surface area contributed by atoms with Crippen molar-refractivity contribution in [3.05, 3.63) is 71.9 Å². The molecule has 34 heavy (non-hydrogen) atoms. The van der Waals surface area contributed by atoms with Gasteiger partial charge in [-0.25, -0.2) is 8.42 Å². The van der Waals surface area contributed by atoms with Gasteiger partial charge in [0.05, 0.1) is 27.4 Å².